The van der Waals surface area contributed by atoms with E-state index in [0.717, 1.165) is 17.0 Å². The van der Waals surface area contributed by atoms with E-state index < -0.39 is 0 Å². The molecule has 4 rings (SSSR count). The topological polar surface area (TPSA) is 60.9 Å². The van der Waals surface area contributed by atoms with Gasteiger partial charge >= 0.3 is 0 Å². The second-order valence-corrected chi connectivity index (χ2v) is 8.04. The molecular weight excluding hydrogens is 394 g/mol. The molecule has 142 valence electrons. The van der Waals surface area contributed by atoms with Crippen LogP contribution >= 0.6 is 23.4 Å². The molecule has 0 spiro atoms. The fourth-order valence-corrected chi connectivity index (χ4v) is 4.14. The van der Waals surface area contributed by atoms with Crippen molar-refractivity contribution in [1.29, 1.82) is 0 Å². The minimum atomic E-state index is -0.0655. The number of halogens is 1. The minimum absolute atomic E-state index is 0.0141. The van der Waals surface area contributed by atoms with Gasteiger partial charge in [-0.25, -0.2) is 4.98 Å². The Morgan fingerprint density at radius 2 is 1.93 bits per heavy atom. The van der Waals surface area contributed by atoms with Crippen LogP contribution in [-0.4, -0.2) is 14.7 Å². The van der Waals surface area contributed by atoms with E-state index in [0.29, 0.717) is 26.8 Å². The Bertz CT molecular complexity index is 1190. The smallest absolute Gasteiger partial charge is 0.262 e. The summed E-state index contributed by atoms with van der Waals surface area (Å²) in [4.78, 5) is 17.6. The van der Waals surface area contributed by atoms with E-state index in [4.69, 9.17) is 16.1 Å². The van der Waals surface area contributed by atoms with Crippen LogP contribution in [0.2, 0.25) is 5.02 Å². The summed E-state index contributed by atoms with van der Waals surface area (Å²) < 4.78 is 7.16. The van der Waals surface area contributed by atoms with Crippen LogP contribution in [0.15, 0.2) is 69.1 Å². The molecule has 4 aromatic rings. The molecule has 2 aromatic carbocycles. The van der Waals surface area contributed by atoms with Crippen molar-refractivity contribution >= 4 is 34.3 Å². The summed E-state index contributed by atoms with van der Waals surface area (Å²) >= 11 is 7.54. The molecule has 0 aliphatic heterocycles. The number of rotatable bonds is 5. The molecule has 2 heterocycles. The van der Waals surface area contributed by atoms with E-state index in [1.165, 1.54) is 11.8 Å². The van der Waals surface area contributed by atoms with Crippen molar-refractivity contribution in [2.24, 2.45) is 0 Å². The van der Waals surface area contributed by atoms with Crippen LogP contribution in [0, 0.1) is 0 Å². The van der Waals surface area contributed by atoms with E-state index in [9.17, 15) is 4.79 Å². The van der Waals surface area contributed by atoms with E-state index in [2.05, 4.69) is 10.1 Å². The van der Waals surface area contributed by atoms with Crippen molar-refractivity contribution in [1.82, 2.24) is 14.7 Å². The first kappa shape index (κ1) is 18.8. The van der Waals surface area contributed by atoms with Gasteiger partial charge in [0.2, 0.25) is 0 Å². The molecule has 7 heteroatoms. The summed E-state index contributed by atoms with van der Waals surface area (Å²) in [7, 11) is 0. The number of aromatic nitrogens is 3. The highest BCUT2D eigenvalue weighted by atomic mass is 35.5. The second kappa shape index (κ2) is 7.81. The predicted molar refractivity (Wildman–Crippen MR) is 113 cm³/mol. The normalized spacial score (nSPS) is 11.4. The standard InChI is InChI=1S/C21H18ClN3O2S/c1-13(2)25-20(26)17-9-8-15(22)10-18(17)23-21(25)28-12-16-11-19(27-24-16)14-6-4-3-5-7-14/h3-11,13H,12H2,1-2H3. The molecule has 0 unspecified atom stereocenters. The monoisotopic (exact) mass is 411 g/mol. The Morgan fingerprint density at radius 3 is 2.68 bits per heavy atom. The molecule has 0 aliphatic rings. The lowest BCUT2D eigenvalue weighted by Crippen LogP contribution is -2.25. The highest BCUT2D eigenvalue weighted by Crippen LogP contribution is 2.27. The first-order chi connectivity index (χ1) is 13.5. The molecule has 0 bridgehead atoms. The Morgan fingerprint density at radius 1 is 1.14 bits per heavy atom. The van der Waals surface area contributed by atoms with Crippen molar-refractivity contribution in [3.05, 3.63) is 75.7 Å². The largest absolute Gasteiger partial charge is 0.356 e. The summed E-state index contributed by atoms with van der Waals surface area (Å²) in [6.07, 6.45) is 0. The maximum Gasteiger partial charge on any atom is 0.262 e. The van der Waals surface area contributed by atoms with Crippen LogP contribution in [-0.2, 0) is 5.75 Å². The quantitative estimate of drug-likeness (QED) is 0.317. The van der Waals surface area contributed by atoms with Gasteiger partial charge in [-0.2, -0.15) is 0 Å². The van der Waals surface area contributed by atoms with Gasteiger partial charge in [0.15, 0.2) is 10.9 Å². The minimum Gasteiger partial charge on any atom is -0.356 e. The van der Waals surface area contributed by atoms with Crippen molar-refractivity contribution < 1.29 is 4.52 Å². The lowest BCUT2D eigenvalue weighted by molar-refractivity contribution is 0.426. The molecule has 2 aromatic heterocycles. The van der Waals surface area contributed by atoms with Crippen LogP contribution in [0.5, 0.6) is 0 Å². The SMILES string of the molecule is CC(C)n1c(SCc2cc(-c3ccccc3)on2)nc2cc(Cl)ccc2c1=O. The van der Waals surface area contributed by atoms with Gasteiger partial charge in [-0.3, -0.25) is 9.36 Å². The molecule has 0 fully saturated rings. The van der Waals surface area contributed by atoms with Gasteiger partial charge < -0.3 is 4.52 Å². The molecule has 28 heavy (non-hydrogen) atoms. The van der Waals surface area contributed by atoms with Crippen LogP contribution < -0.4 is 5.56 Å². The Kier molecular flexibility index (Phi) is 5.24. The van der Waals surface area contributed by atoms with Crippen LogP contribution in [0.3, 0.4) is 0 Å². The van der Waals surface area contributed by atoms with Gasteiger partial charge in [0.1, 0.15) is 0 Å². The van der Waals surface area contributed by atoms with Gasteiger partial charge in [-0.15, -0.1) is 0 Å². The summed E-state index contributed by atoms with van der Waals surface area (Å²) in [5.41, 5.74) is 2.30. The van der Waals surface area contributed by atoms with Gasteiger partial charge in [-0.1, -0.05) is 58.9 Å². The molecule has 0 radical (unpaired) electrons. The molecular formula is C21H18ClN3O2S. The number of nitrogens with zero attached hydrogens (tertiary/aromatic N) is 3. The molecule has 0 N–H and O–H groups in total. The summed E-state index contributed by atoms with van der Waals surface area (Å²) in [6.45, 7) is 3.94. The highest BCUT2D eigenvalue weighted by molar-refractivity contribution is 7.98. The second-order valence-electron chi connectivity index (χ2n) is 6.66. The number of hydrogen-bond acceptors (Lipinski definition) is 5. The number of thioether (sulfide) groups is 1. The van der Waals surface area contributed by atoms with E-state index in [1.807, 2.05) is 50.2 Å². The zero-order chi connectivity index (χ0) is 19.7. The van der Waals surface area contributed by atoms with Crippen LogP contribution in [0.25, 0.3) is 22.2 Å². The maximum absolute atomic E-state index is 12.9. The van der Waals surface area contributed by atoms with Crippen molar-refractivity contribution in [3.63, 3.8) is 0 Å². The summed E-state index contributed by atoms with van der Waals surface area (Å²) in [5.74, 6) is 1.26. The van der Waals surface area contributed by atoms with Crippen molar-refractivity contribution in [2.45, 2.75) is 30.8 Å². The third-order valence-corrected chi connectivity index (χ3v) is 5.54. The average molecular weight is 412 g/mol. The lowest BCUT2D eigenvalue weighted by Gasteiger charge is -2.15. The third kappa shape index (κ3) is 3.70. The van der Waals surface area contributed by atoms with Gasteiger partial charge in [0.05, 0.1) is 16.6 Å². The van der Waals surface area contributed by atoms with Gasteiger partial charge in [0, 0.05) is 28.4 Å². The fourth-order valence-electron chi connectivity index (χ4n) is 2.97. The zero-order valence-corrected chi connectivity index (χ0v) is 17.0. The molecule has 0 amide bonds. The zero-order valence-electron chi connectivity index (χ0n) is 15.4. The highest BCUT2D eigenvalue weighted by Gasteiger charge is 2.15. The van der Waals surface area contributed by atoms with E-state index in [-0.39, 0.29) is 11.6 Å². The molecule has 0 saturated heterocycles. The molecule has 0 aliphatic carbocycles. The van der Waals surface area contributed by atoms with Crippen LogP contribution in [0.4, 0.5) is 0 Å². The third-order valence-electron chi connectivity index (χ3n) is 4.31. The number of benzene rings is 2. The number of fused-ring (bicyclic) bond motifs is 1. The first-order valence-corrected chi connectivity index (χ1v) is 10.2. The maximum atomic E-state index is 12.9. The fraction of sp³-hybridized carbons (Fsp3) is 0.190. The van der Waals surface area contributed by atoms with Crippen molar-refractivity contribution in [3.8, 4) is 11.3 Å². The first-order valence-electron chi connectivity index (χ1n) is 8.88. The Labute approximate surface area is 171 Å². The number of hydrogen-bond donors (Lipinski definition) is 0. The van der Waals surface area contributed by atoms with Gasteiger partial charge in [-0.05, 0) is 32.0 Å². The van der Waals surface area contributed by atoms with Gasteiger partial charge in [0.25, 0.3) is 5.56 Å². The van der Waals surface area contributed by atoms with Crippen molar-refractivity contribution in [2.75, 3.05) is 0 Å². The summed E-state index contributed by atoms with van der Waals surface area (Å²) in [5, 5.41) is 5.91. The predicted octanol–water partition coefficient (Wildman–Crippen LogP) is 5.58. The lowest BCUT2D eigenvalue weighted by atomic mass is 10.2. The molecule has 5 nitrogen and oxygen atoms in total. The van der Waals surface area contributed by atoms with Crippen LogP contribution in [0.1, 0.15) is 25.6 Å². The Hall–Kier alpha value is -2.57. The summed E-state index contributed by atoms with van der Waals surface area (Å²) in [6, 6.07) is 16.9. The molecule has 0 saturated carbocycles. The Balaban J connectivity index is 1.65. The molecule has 0 atom stereocenters. The van der Waals surface area contributed by atoms with E-state index >= 15 is 0 Å². The van der Waals surface area contributed by atoms with E-state index in [1.54, 1.807) is 22.8 Å². The average Bonchev–Trinajstić information content (AvgIpc) is 3.15.